The number of nitrogens with one attached hydrogen (secondary N) is 1. The number of anilines is 1. The van der Waals surface area contributed by atoms with Crippen LogP contribution in [-0.2, 0) is 16.0 Å². The number of fused-ring (bicyclic) bond motifs is 1. The number of methoxy groups -OCH3 is 1. The third-order valence-electron chi connectivity index (χ3n) is 5.18. The Hall–Kier alpha value is -2.42. The number of hydrogen-bond acceptors (Lipinski definition) is 8. The SMILES string of the molecule is CCCC(CCC(=O)OC)Oc1nc(N)c2ncc(CC3CCNCC3)n2n1. The molecule has 0 aliphatic carbocycles. The summed E-state index contributed by atoms with van der Waals surface area (Å²) < 4.78 is 12.5. The van der Waals surface area contributed by atoms with Gasteiger partial charge in [-0.15, -0.1) is 5.10 Å². The first-order valence-corrected chi connectivity index (χ1v) is 10.0. The molecule has 0 aromatic carbocycles. The molecule has 9 heteroatoms. The second-order valence-corrected chi connectivity index (χ2v) is 7.31. The standard InChI is InChI=1S/C19H30N6O3/c1-3-4-15(5-6-16(26)27-2)28-19-23-17(20)18-22-12-14(25(18)24-19)11-13-7-9-21-10-8-13/h12-13,15,21H,3-11H2,1-2H3,(H2,20,23,24). The first-order valence-electron chi connectivity index (χ1n) is 10.0. The van der Waals surface area contributed by atoms with E-state index in [2.05, 4.69) is 27.3 Å². The second kappa shape index (κ2) is 9.68. The van der Waals surface area contributed by atoms with Crippen molar-refractivity contribution in [2.45, 2.75) is 58.0 Å². The van der Waals surface area contributed by atoms with E-state index in [-0.39, 0.29) is 18.1 Å². The maximum atomic E-state index is 11.5. The number of carbonyl (C=O) groups is 1. The number of aromatic nitrogens is 4. The fraction of sp³-hybridized carbons (Fsp3) is 0.684. The zero-order valence-corrected chi connectivity index (χ0v) is 16.7. The van der Waals surface area contributed by atoms with Crippen LogP contribution in [0.15, 0.2) is 6.20 Å². The second-order valence-electron chi connectivity index (χ2n) is 7.31. The molecule has 3 N–H and O–H groups in total. The smallest absolute Gasteiger partial charge is 0.336 e. The predicted octanol–water partition coefficient (Wildman–Crippen LogP) is 1.75. The monoisotopic (exact) mass is 390 g/mol. The number of nitrogens with zero attached hydrogens (tertiary/aromatic N) is 4. The summed E-state index contributed by atoms with van der Waals surface area (Å²) in [6.45, 7) is 4.16. The predicted molar refractivity (Wildman–Crippen MR) is 105 cm³/mol. The average Bonchev–Trinajstić information content (AvgIpc) is 3.10. The lowest BCUT2D eigenvalue weighted by Crippen LogP contribution is -2.29. The quantitative estimate of drug-likeness (QED) is 0.622. The molecule has 0 amide bonds. The van der Waals surface area contributed by atoms with Gasteiger partial charge in [0.2, 0.25) is 0 Å². The van der Waals surface area contributed by atoms with Crippen LogP contribution in [0.4, 0.5) is 5.82 Å². The summed E-state index contributed by atoms with van der Waals surface area (Å²) in [4.78, 5) is 20.1. The van der Waals surface area contributed by atoms with Gasteiger partial charge in [0.15, 0.2) is 11.5 Å². The van der Waals surface area contributed by atoms with Gasteiger partial charge in [-0.05, 0) is 51.1 Å². The molecule has 1 aliphatic rings. The van der Waals surface area contributed by atoms with Gasteiger partial charge in [-0.3, -0.25) is 4.79 Å². The number of nitrogens with two attached hydrogens (primary N) is 1. The van der Waals surface area contributed by atoms with Gasteiger partial charge in [0.25, 0.3) is 0 Å². The van der Waals surface area contributed by atoms with Gasteiger partial charge >= 0.3 is 12.0 Å². The largest absolute Gasteiger partial charge is 0.469 e. The Morgan fingerprint density at radius 2 is 2.18 bits per heavy atom. The Labute approximate surface area is 165 Å². The molecule has 1 unspecified atom stereocenters. The average molecular weight is 390 g/mol. The molecule has 1 saturated heterocycles. The van der Waals surface area contributed by atoms with Crippen molar-refractivity contribution in [2.24, 2.45) is 5.92 Å². The van der Waals surface area contributed by atoms with Gasteiger partial charge in [0, 0.05) is 6.42 Å². The molecule has 2 aromatic heterocycles. The van der Waals surface area contributed by atoms with Crippen molar-refractivity contribution in [1.82, 2.24) is 24.9 Å². The third-order valence-corrected chi connectivity index (χ3v) is 5.18. The van der Waals surface area contributed by atoms with Gasteiger partial charge < -0.3 is 20.5 Å². The maximum Gasteiger partial charge on any atom is 0.336 e. The molecule has 2 aromatic rings. The van der Waals surface area contributed by atoms with Crippen LogP contribution < -0.4 is 15.8 Å². The lowest BCUT2D eigenvalue weighted by molar-refractivity contribution is -0.141. The lowest BCUT2D eigenvalue weighted by Gasteiger charge is -2.22. The fourth-order valence-corrected chi connectivity index (χ4v) is 3.61. The van der Waals surface area contributed by atoms with Crippen LogP contribution in [-0.4, -0.2) is 51.9 Å². The van der Waals surface area contributed by atoms with Crippen molar-refractivity contribution in [3.05, 3.63) is 11.9 Å². The Morgan fingerprint density at radius 3 is 2.89 bits per heavy atom. The topological polar surface area (TPSA) is 117 Å². The van der Waals surface area contributed by atoms with E-state index < -0.39 is 0 Å². The van der Waals surface area contributed by atoms with Crippen LogP contribution in [0.2, 0.25) is 0 Å². The van der Waals surface area contributed by atoms with E-state index in [0.29, 0.717) is 30.2 Å². The maximum absolute atomic E-state index is 11.5. The Bertz CT molecular complexity index is 787. The molecule has 0 saturated carbocycles. The number of imidazole rings is 1. The highest BCUT2D eigenvalue weighted by Gasteiger charge is 2.20. The molecule has 1 atom stereocenters. The molecule has 0 radical (unpaired) electrons. The molecule has 1 fully saturated rings. The summed E-state index contributed by atoms with van der Waals surface area (Å²) in [5.74, 6) is 0.652. The summed E-state index contributed by atoms with van der Waals surface area (Å²) in [5, 5.41) is 7.93. The molecule has 28 heavy (non-hydrogen) atoms. The zero-order chi connectivity index (χ0) is 19.9. The first-order chi connectivity index (χ1) is 13.6. The van der Waals surface area contributed by atoms with Crippen molar-refractivity contribution in [3.8, 4) is 6.01 Å². The number of nitrogen functional groups attached to an aromatic ring is 1. The van der Waals surface area contributed by atoms with Crippen molar-refractivity contribution in [2.75, 3.05) is 25.9 Å². The molecule has 3 rings (SSSR count). The highest BCUT2D eigenvalue weighted by atomic mass is 16.5. The van der Waals surface area contributed by atoms with Gasteiger partial charge in [-0.2, -0.15) is 4.98 Å². The van der Waals surface area contributed by atoms with E-state index in [1.165, 1.54) is 7.11 Å². The minimum atomic E-state index is -0.251. The van der Waals surface area contributed by atoms with Crippen LogP contribution in [0.1, 0.15) is 51.1 Å². The summed E-state index contributed by atoms with van der Waals surface area (Å²) >= 11 is 0. The molecule has 1 aliphatic heterocycles. The third kappa shape index (κ3) is 5.09. The van der Waals surface area contributed by atoms with Crippen LogP contribution in [0.5, 0.6) is 6.01 Å². The zero-order valence-electron chi connectivity index (χ0n) is 16.7. The number of rotatable bonds is 9. The van der Waals surface area contributed by atoms with Crippen LogP contribution >= 0.6 is 0 Å². The molecular weight excluding hydrogens is 360 g/mol. The van der Waals surface area contributed by atoms with Gasteiger partial charge in [-0.25, -0.2) is 9.50 Å². The molecular formula is C19H30N6O3. The Balaban J connectivity index is 1.76. The minimum absolute atomic E-state index is 0.169. The van der Waals surface area contributed by atoms with E-state index in [1.54, 1.807) is 4.52 Å². The van der Waals surface area contributed by atoms with Gasteiger partial charge in [-0.1, -0.05) is 13.3 Å². The highest BCUT2D eigenvalue weighted by molar-refractivity contribution is 5.69. The Kier molecular flexibility index (Phi) is 7.02. The minimum Gasteiger partial charge on any atom is -0.469 e. The molecule has 0 bridgehead atoms. The number of carbonyl (C=O) groups excluding carboxylic acids is 1. The summed E-state index contributed by atoms with van der Waals surface area (Å²) in [5.41, 5.74) is 7.67. The van der Waals surface area contributed by atoms with E-state index >= 15 is 0 Å². The van der Waals surface area contributed by atoms with Crippen LogP contribution in [0.25, 0.3) is 5.65 Å². The van der Waals surface area contributed by atoms with Crippen molar-refractivity contribution >= 4 is 17.4 Å². The number of esters is 1. The summed E-state index contributed by atoms with van der Waals surface area (Å²) in [6, 6.07) is 0.220. The fourth-order valence-electron chi connectivity index (χ4n) is 3.61. The normalized spacial score (nSPS) is 16.2. The van der Waals surface area contributed by atoms with Crippen molar-refractivity contribution in [3.63, 3.8) is 0 Å². The summed E-state index contributed by atoms with van der Waals surface area (Å²) in [7, 11) is 1.39. The number of hydrogen-bond donors (Lipinski definition) is 2. The molecule has 154 valence electrons. The van der Waals surface area contributed by atoms with Crippen molar-refractivity contribution < 1.29 is 14.3 Å². The van der Waals surface area contributed by atoms with Gasteiger partial charge in [0.05, 0.1) is 19.0 Å². The van der Waals surface area contributed by atoms with Crippen molar-refractivity contribution in [1.29, 1.82) is 0 Å². The summed E-state index contributed by atoms with van der Waals surface area (Å²) in [6.07, 6.45) is 7.41. The van der Waals surface area contributed by atoms with Gasteiger partial charge in [0.1, 0.15) is 6.10 Å². The molecule has 0 spiro atoms. The number of ether oxygens (including phenoxy) is 2. The van der Waals surface area contributed by atoms with Crippen LogP contribution in [0.3, 0.4) is 0 Å². The van der Waals surface area contributed by atoms with E-state index in [1.807, 2.05) is 6.20 Å². The van der Waals surface area contributed by atoms with E-state index in [4.69, 9.17) is 15.2 Å². The Morgan fingerprint density at radius 1 is 1.39 bits per heavy atom. The van der Waals surface area contributed by atoms with E-state index in [0.717, 1.165) is 50.9 Å². The first kappa shape index (κ1) is 20.3. The highest BCUT2D eigenvalue weighted by Crippen LogP contribution is 2.22. The molecule has 3 heterocycles. The van der Waals surface area contributed by atoms with Crippen LogP contribution in [0, 0.1) is 5.92 Å². The lowest BCUT2D eigenvalue weighted by atomic mass is 9.93. The molecule has 9 nitrogen and oxygen atoms in total. The number of piperidine rings is 1. The van der Waals surface area contributed by atoms with E-state index in [9.17, 15) is 4.79 Å².